The zero-order valence-corrected chi connectivity index (χ0v) is 19.9. The molecule has 5 rings (SSSR count). The monoisotopic (exact) mass is 491 g/mol. The van der Waals surface area contributed by atoms with Crippen LogP contribution in [-0.4, -0.2) is 21.8 Å². The Morgan fingerprint density at radius 1 is 0.806 bits per heavy atom. The van der Waals surface area contributed by atoms with Gasteiger partial charge in [0.25, 0.3) is 5.91 Å². The van der Waals surface area contributed by atoms with Crippen molar-refractivity contribution in [3.63, 3.8) is 0 Å². The molecule has 0 unspecified atom stereocenters. The number of carbonyl (C=O) groups is 1. The predicted molar refractivity (Wildman–Crippen MR) is 145 cm³/mol. The summed E-state index contributed by atoms with van der Waals surface area (Å²) >= 11 is 6.19. The van der Waals surface area contributed by atoms with E-state index in [1.807, 2.05) is 78.9 Å². The van der Waals surface area contributed by atoms with Crippen LogP contribution in [0.4, 0.5) is 0 Å². The SMILES string of the molecule is O=C(N/N=C/c1cc(-c2ccccc2)n(-c2ccc(Cl)cc2)c1-c1ccccc1)c1ccccc1O. The van der Waals surface area contributed by atoms with Gasteiger partial charge in [0.15, 0.2) is 0 Å². The second-order valence-electron chi connectivity index (χ2n) is 8.09. The molecular formula is C30H22ClN3O2. The van der Waals surface area contributed by atoms with E-state index in [0.29, 0.717) is 5.02 Å². The largest absolute Gasteiger partial charge is 0.507 e. The van der Waals surface area contributed by atoms with Crippen molar-refractivity contribution < 1.29 is 9.90 Å². The molecule has 0 aliphatic heterocycles. The number of rotatable bonds is 6. The van der Waals surface area contributed by atoms with E-state index in [1.165, 1.54) is 6.07 Å². The molecule has 0 aliphatic rings. The average Bonchev–Trinajstić information content (AvgIpc) is 3.29. The lowest BCUT2D eigenvalue weighted by Crippen LogP contribution is -2.17. The van der Waals surface area contributed by atoms with Crippen molar-refractivity contribution in [2.45, 2.75) is 0 Å². The first kappa shape index (κ1) is 23.1. The molecule has 0 atom stereocenters. The lowest BCUT2D eigenvalue weighted by atomic mass is 10.1. The summed E-state index contributed by atoms with van der Waals surface area (Å²) in [6.45, 7) is 0. The Morgan fingerprint density at radius 3 is 2.08 bits per heavy atom. The van der Waals surface area contributed by atoms with Crippen LogP contribution in [0.3, 0.4) is 0 Å². The number of nitrogens with one attached hydrogen (secondary N) is 1. The molecule has 0 radical (unpaired) electrons. The van der Waals surface area contributed by atoms with Gasteiger partial charge in [-0.15, -0.1) is 0 Å². The van der Waals surface area contributed by atoms with Crippen molar-refractivity contribution in [3.8, 4) is 34.0 Å². The number of benzene rings is 4. The van der Waals surface area contributed by atoms with E-state index in [4.69, 9.17) is 11.6 Å². The molecule has 1 aromatic heterocycles. The van der Waals surface area contributed by atoms with E-state index in [1.54, 1.807) is 24.4 Å². The maximum absolute atomic E-state index is 12.6. The topological polar surface area (TPSA) is 66.6 Å². The Bertz CT molecular complexity index is 1530. The molecule has 1 heterocycles. The minimum absolute atomic E-state index is 0.101. The van der Waals surface area contributed by atoms with Gasteiger partial charge in [-0.1, -0.05) is 84.4 Å². The van der Waals surface area contributed by atoms with Crippen molar-refractivity contribution in [2.75, 3.05) is 0 Å². The van der Waals surface area contributed by atoms with Gasteiger partial charge in [0, 0.05) is 16.3 Å². The number of amides is 1. The predicted octanol–water partition coefficient (Wildman–Crippen LogP) is 6.93. The van der Waals surface area contributed by atoms with E-state index in [0.717, 1.165) is 33.8 Å². The van der Waals surface area contributed by atoms with Gasteiger partial charge >= 0.3 is 0 Å². The normalized spacial score (nSPS) is 11.0. The van der Waals surface area contributed by atoms with Gasteiger partial charge in [-0.25, -0.2) is 5.43 Å². The molecule has 0 fully saturated rings. The fourth-order valence-electron chi connectivity index (χ4n) is 4.09. The number of carbonyl (C=O) groups excluding carboxylic acids is 1. The number of halogens is 1. The lowest BCUT2D eigenvalue weighted by molar-refractivity contribution is 0.0952. The third kappa shape index (κ3) is 4.78. The van der Waals surface area contributed by atoms with Crippen molar-refractivity contribution >= 4 is 23.7 Å². The van der Waals surface area contributed by atoms with E-state index in [9.17, 15) is 9.90 Å². The number of phenolic OH excluding ortho intramolecular Hbond substituents is 1. The number of hydrogen-bond donors (Lipinski definition) is 2. The summed E-state index contributed by atoms with van der Waals surface area (Å²) in [4.78, 5) is 12.6. The first-order valence-electron chi connectivity index (χ1n) is 11.4. The zero-order chi connectivity index (χ0) is 24.9. The summed E-state index contributed by atoms with van der Waals surface area (Å²) < 4.78 is 2.16. The fraction of sp³-hybridized carbons (Fsp3) is 0. The number of nitrogens with zero attached hydrogens (tertiary/aromatic N) is 2. The highest BCUT2D eigenvalue weighted by molar-refractivity contribution is 6.30. The molecule has 0 saturated heterocycles. The fourth-order valence-corrected chi connectivity index (χ4v) is 4.21. The minimum Gasteiger partial charge on any atom is -0.507 e. The maximum Gasteiger partial charge on any atom is 0.275 e. The first-order chi connectivity index (χ1) is 17.6. The Kier molecular flexibility index (Phi) is 6.65. The molecule has 0 bridgehead atoms. The maximum atomic E-state index is 12.6. The third-order valence-corrected chi connectivity index (χ3v) is 6.00. The molecule has 1 amide bonds. The van der Waals surface area contributed by atoms with Crippen molar-refractivity contribution in [3.05, 3.63) is 131 Å². The van der Waals surface area contributed by atoms with E-state index in [2.05, 4.69) is 27.2 Å². The standard InChI is InChI=1S/C30H22ClN3O2/c31-24-15-17-25(18-16-24)34-27(21-9-3-1-4-10-21)19-23(29(34)22-11-5-2-6-12-22)20-32-33-30(36)26-13-7-8-14-28(26)35/h1-20,35H,(H,33,36)/b32-20+. The van der Waals surface area contributed by atoms with Crippen LogP contribution in [0.15, 0.2) is 120 Å². The molecule has 5 nitrogen and oxygen atoms in total. The molecule has 2 N–H and O–H groups in total. The minimum atomic E-state index is -0.494. The summed E-state index contributed by atoms with van der Waals surface area (Å²) in [5.41, 5.74) is 8.33. The number of hydrogen-bond acceptors (Lipinski definition) is 3. The van der Waals surface area contributed by atoms with Gasteiger partial charge in [0.05, 0.1) is 23.2 Å². The quantitative estimate of drug-likeness (QED) is 0.200. The second kappa shape index (κ2) is 10.3. The van der Waals surface area contributed by atoms with Gasteiger partial charge in [0.1, 0.15) is 5.75 Å². The zero-order valence-electron chi connectivity index (χ0n) is 19.2. The molecule has 0 spiro atoms. The molecule has 5 aromatic rings. The lowest BCUT2D eigenvalue weighted by Gasteiger charge is -2.15. The van der Waals surface area contributed by atoms with Crippen LogP contribution in [0.2, 0.25) is 5.02 Å². The number of hydrazone groups is 1. The summed E-state index contributed by atoms with van der Waals surface area (Å²) in [6.07, 6.45) is 1.62. The molecule has 4 aromatic carbocycles. The Balaban J connectivity index is 1.64. The summed E-state index contributed by atoms with van der Waals surface area (Å²) in [7, 11) is 0. The van der Waals surface area contributed by atoms with Crippen molar-refractivity contribution in [1.82, 2.24) is 9.99 Å². The third-order valence-electron chi connectivity index (χ3n) is 5.75. The molecule has 6 heteroatoms. The van der Waals surface area contributed by atoms with Gasteiger partial charge in [-0.3, -0.25) is 4.79 Å². The van der Waals surface area contributed by atoms with Gasteiger partial charge in [-0.05, 0) is 53.6 Å². The van der Waals surface area contributed by atoms with E-state index in [-0.39, 0.29) is 11.3 Å². The first-order valence-corrected chi connectivity index (χ1v) is 11.7. The van der Waals surface area contributed by atoms with Crippen LogP contribution in [0, 0.1) is 0 Å². The number of para-hydroxylation sites is 1. The second-order valence-corrected chi connectivity index (χ2v) is 8.53. The molecule has 36 heavy (non-hydrogen) atoms. The van der Waals surface area contributed by atoms with Crippen LogP contribution in [-0.2, 0) is 0 Å². The summed E-state index contributed by atoms with van der Waals surface area (Å²) in [5, 5.41) is 14.9. The van der Waals surface area contributed by atoms with Gasteiger partial charge in [-0.2, -0.15) is 5.10 Å². The van der Waals surface area contributed by atoms with E-state index < -0.39 is 5.91 Å². The van der Waals surface area contributed by atoms with E-state index >= 15 is 0 Å². The van der Waals surface area contributed by atoms with Crippen molar-refractivity contribution in [2.24, 2.45) is 5.10 Å². The molecule has 0 saturated carbocycles. The number of aromatic hydroxyl groups is 1. The summed E-state index contributed by atoms with van der Waals surface area (Å²) in [5.74, 6) is -0.596. The Hall–Kier alpha value is -4.61. The van der Waals surface area contributed by atoms with Crippen LogP contribution < -0.4 is 5.43 Å². The highest BCUT2D eigenvalue weighted by atomic mass is 35.5. The van der Waals surface area contributed by atoms with Crippen LogP contribution in [0.25, 0.3) is 28.2 Å². The highest BCUT2D eigenvalue weighted by Crippen LogP contribution is 2.35. The van der Waals surface area contributed by atoms with Crippen LogP contribution in [0.5, 0.6) is 5.75 Å². The Labute approximate surface area is 213 Å². The molecule has 176 valence electrons. The van der Waals surface area contributed by atoms with Gasteiger partial charge in [0.2, 0.25) is 0 Å². The van der Waals surface area contributed by atoms with Gasteiger partial charge < -0.3 is 9.67 Å². The number of aromatic nitrogens is 1. The van der Waals surface area contributed by atoms with Crippen molar-refractivity contribution in [1.29, 1.82) is 0 Å². The average molecular weight is 492 g/mol. The molecular weight excluding hydrogens is 470 g/mol. The Morgan fingerprint density at radius 2 is 1.42 bits per heavy atom. The smallest absolute Gasteiger partial charge is 0.275 e. The van der Waals surface area contributed by atoms with Crippen LogP contribution in [0.1, 0.15) is 15.9 Å². The highest BCUT2D eigenvalue weighted by Gasteiger charge is 2.19. The summed E-state index contributed by atoms with van der Waals surface area (Å²) in [6, 6.07) is 36.2. The van der Waals surface area contributed by atoms with Crippen LogP contribution >= 0.6 is 11.6 Å². The molecule has 0 aliphatic carbocycles. The number of phenols is 1.